The number of hydrogen-bond acceptors (Lipinski definition) is 3. The lowest BCUT2D eigenvalue weighted by atomic mass is 9.78. The first-order valence-corrected chi connectivity index (χ1v) is 8.43. The van der Waals surface area contributed by atoms with Gasteiger partial charge in [-0.05, 0) is 25.8 Å². The Balaban J connectivity index is 1.67. The van der Waals surface area contributed by atoms with Crippen LogP contribution < -0.4 is 0 Å². The molecule has 0 radical (unpaired) electrons. The molecule has 2 atom stereocenters. The molecule has 3 aliphatic heterocycles. The summed E-state index contributed by atoms with van der Waals surface area (Å²) in [6.45, 7) is 10.1. The Kier molecular flexibility index (Phi) is 4.41. The summed E-state index contributed by atoms with van der Waals surface area (Å²) in [5.74, 6) is 0.568. The van der Waals surface area contributed by atoms with E-state index < -0.39 is 0 Å². The summed E-state index contributed by atoms with van der Waals surface area (Å²) in [5, 5.41) is 0. The molecule has 120 valence electrons. The van der Waals surface area contributed by atoms with Crippen LogP contribution in [0.2, 0.25) is 0 Å². The molecule has 0 aromatic carbocycles. The zero-order valence-electron chi connectivity index (χ0n) is 13.5. The molecule has 5 heteroatoms. The SMILES string of the molecule is CCN1C[C@@H](COC)[C@@]2(CCN(C(=O)N3CCCC3)C2)C1. The van der Waals surface area contributed by atoms with Crippen LogP contribution in [0, 0.1) is 11.3 Å². The predicted molar refractivity (Wildman–Crippen MR) is 82.3 cm³/mol. The lowest BCUT2D eigenvalue weighted by molar-refractivity contribution is 0.0960. The van der Waals surface area contributed by atoms with Crippen LogP contribution in [0.4, 0.5) is 4.79 Å². The Morgan fingerprint density at radius 1 is 1.19 bits per heavy atom. The van der Waals surface area contributed by atoms with Crippen LogP contribution in [-0.2, 0) is 4.74 Å². The molecule has 0 aromatic heterocycles. The number of carbonyl (C=O) groups is 1. The van der Waals surface area contributed by atoms with Crippen molar-refractivity contribution in [1.29, 1.82) is 0 Å². The predicted octanol–water partition coefficient (Wildman–Crippen LogP) is 1.49. The van der Waals surface area contributed by atoms with Crippen molar-refractivity contribution in [2.45, 2.75) is 26.2 Å². The number of methoxy groups -OCH3 is 1. The number of ether oxygens (including phenoxy) is 1. The Labute approximate surface area is 128 Å². The van der Waals surface area contributed by atoms with Gasteiger partial charge in [0.15, 0.2) is 0 Å². The number of carbonyl (C=O) groups excluding carboxylic acids is 1. The van der Waals surface area contributed by atoms with Crippen molar-refractivity contribution in [2.75, 3.05) is 59.5 Å². The topological polar surface area (TPSA) is 36.0 Å². The highest BCUT2D eigenvalue weighted by Crippen LogP contribution is 2.44. The Hall–Kier alpha value is -0.810. The van der Waals surface area contributed by atoms with Crippen LogP contribution >= 0.6 is 0 Å². The van der Waals surface area contributed by atoms with Crippen LogP contribution in [0.15, 0.2) is 0 Å². The van der Waals surface area contributed by atoms with E-state index in [2.05, 4.69) is 16.7 Å². The van der Waals surface area contributed by atoms with Crippen molar-refractivity contribution in [3.63, 3.8) is 0 Å². The monoisotopic (exact) mass is 295 g/mol. The van der Waals surface area contributed by atoms with E-state index in [9.17, 15) is 4.79 Å². The van der Waals surface area contributed by atoms with Crippen molar-refractivity contribution >= 4 is 6.03 Å². The lowest BCUT2D eigenvalue weighted by Crippen LogP contribution is -2.43. The number of amides is 2. The molecule has 0 bridgehead atoms. The lowest BCUT2D eigenvalue weighted by Gasteiger charge is -2.31. The van der Waals surface area contributed by atoms with E-state index in [1.807, 2.05) is 4.90 Å². The van der Waals surface area contributed by atoms with Crippen LogP contribution in [0.1, 0.15) is 26.2 Å². The summed E-state index contributed by atoms with van der Waals surface area (Å²) >= 11 is 0. The van der Waals surface area contributed by atoms with E-state index in [1.54, 1.807) is 7.11 Å². The Morgan fingerprint density at radius 2 is 1.95 bits per heavy atom. The van der Waals surface area contributed by atoms with Gasteiger partial charge in [0.05, 0.1) is 6.61 Å². The maximum absolute atomic E-state index is 12.6. The van der Waals surface area contributed by atoms with Gasteiger partial charge in [0, 0.05) is 57.7 Å². The molecule has 3 heterocycles. The molecular weight excluding hydrogens is 266 g/mol. The molecule has 0 saturated carbocycles. The zero-order chi connectivity index (χ0) is 14.9. The number of nitrogens with zero attached hydrogens (tertiary/aromatic N) is 3. The summed E-state index contributed by atoms with van der Waals surface area (Å²) in [5.41, 5.74) is 0.265. The summed E-state index contributed by atoms with van der Waals surface area (Å²) < 4.78 is 5.46. The highest BCUT2D eigenvalue weighted by molar-refractivity contribution is 5.75. The molecule has 3 fully saturated rings. The Bertz CT molecular complexity index is 384. The molecule has 0 N–H and O–H groups in total. The fraction of sp³-hybridized carbons (Fsp3) is 0.938. The molecule has 3 saturated heterocycles. The van der Waals surface area contributed by atoms with Crippen LogP contribution in [-0.4, -0.2) is 80.3 Å². The van der Waals surface area contributed by atoms with E-state index in [4.69, 9.17) is 4.74 Å². The van der Waals surface area contributed by atoms with E-state index in [1.165, 1.54) is 12.8 Å². The second kappa shape index (κ2) is 6.13. The van der Waals surface area contributed by atoms with Gasteiger partial charge >= 0.3 is 6.03 Å². The van der Waals surface area contributed by atoms with Crippen molar-refractivity contribution < 1.29 is 9.53 Å². The molecular formula is C16H29N3O2. The average molecular weight is 295 g/mol. The van der Waals surface area contributed by atoms with Crippen molar-refractivity contribution in [1.82, 2.24) is 14.7 Å². The van der Waals surface area contributed by atoms with E-state index in [0.717, 1.165) is 58.8 Å². The molecule has 5 nitrogen and oxygen atoms in total. The molecule has 3 aliphatic rings. The maximum atomic E-state index is 12.6. The van der Waals surface area contributed by atoms with Gasteiger partial charge in [-0.2, -0.15) is 0 Å². The minimum Gasteiger partial charge on any atom is -0.384 e. The summed E-state index contributed by atoms with van der Waals surface area (Å²) in [4.78, 5) is 19.3. The van der Waals surface area contributed by atoms with Gasteiger partial charge < -0.3 is 19.4 Å². The second-order valence-electron chi connectivity index (χ2n) is 6.99. The van der Waals surface area contributed by atoms with Gasteiger partial charge in [-0.1, -0.05) is 6.92 Å². The van der Waals surface area contributed by atoms with Crippen molar-refractivity contribution in [3.8, 4) is 0 Å². The third-order valence-electron chi connectivity index (χ3n) is 5.73. The molecule has 0 aromatic rings. The van der Waals surface area contributed by atoms with Crippen molar-refractivity contribution in [2.24, 2.45) is 11.3 Å². The number of urea groups is 1. The second-order valence-corrected chi connectivity index (χ2v) is 6.99. The minimum atomic E-state index is 0.265. The number of likely N-dealkylation sites (tertiary alicyclic amines) is 3. The van der Waals surface area contributed by atoms with Gasteiger partial charge in [0.2, 0.25) is 0 Å². The number of hydrogen-bond donors (Lipinski definition) is 0. The first-order chi connectivity index (χ1) is 10.2. The van der Waals surface area contributed by atoms with Gasteiger partial charge in [-0.3, -0.25) is 0 Å². The third kappa shape index (κ3) is 2.78. The van der Waals surface area contributed by atoms with E-state index in [-0.39, 0.29) is 11.4 Å². The van der Waals surface area contributed by atoms with Gasteiger partial charge in [-0.25, -0.2) is 4.79 Å². The zero-order valence-corrected chi connectivity index (χ0v) is 13.5. The molecule has 0 unspecified atom stereocenters. The van der Waals surface area contributed by atoms with E-state index in [0.29, 0.717) is 5.92 Å². The quantitative estimate of drug-likeness (QED) is 0.791. The highest BCUT2D eigenvalue weighted by Gasteiger charge is 2.51. The normalized spacial score (nSPS) is 33.5. The number of rotatable bonds is 3. The van der Waals surface area contributed by atoms with Crippen LogP contribution in [0.5, 0.6) is 0 Å². The minimum absolute atomic E-state index is 0.265. The fourth-order valence-electron chi connectivity index (χ4n) is 4.45. The summed E-state index contributed by atoms with van der Waals surface area (Å²) in [6.07, 6.45) is 3.47. The van der Waals surface area contributed by atoms with Crippen molar-refractivity contribution in [3.05, 3.63) is 0 Å². The molecule has 3 rings (SSSR count). The summed E-state index contributed by atoms with van der Waals surface area (Å²) in [6, 6.07) is 0.274. The first-order valence-electron chi connectivity index (χ1n) is 8.43. The average Bonchev–Trinajstić information content (AvgIpc) is 3.21. The van der Waals surface area contributed by atoms with Gasteiger partial charge in [0.1, 0.15) is 0 Å². The maximum Gasteiger partial charge on any atom is 0.320 e. The first kappa shape index (κ1) is 15.1. The van der Waals surface area contributed by atoms with Gasteiger partial charge in [-0.15, -0.1) is 0 Å². The summed E-state index contributed by atoms with van der Waals surface area (Å²) in [7, 11) is 1.80. The Morgan fingerprint density at radius 3 is 2.62 bits per heavy atom. The van der Waals surface area contributed by atoms with Gasteiger partial charge in [0.25, 0.3) is 0 Å². The molecule has 0 aliphatic carbocycles. The smallest absolute Gasteiger partial charge is 0.320 e. The standard InChI is InChI=1S/C16H29N3O2/c1-3-17-10-14(11-21-2)16(12-17)6-9-19(13-16)15(20)18-7-4-5-8-18/h14H,3-13H2,1-2H3/t14-,16-/m0/s1. The third-order valence-corrected chi connectivity index (χ3v) is 5.73. The molecule has 21 heavy (non-hydrogen) atoms. The molecule has 2 amide bonds. The van der Waals surface area contributed by atoms with Crippen LogP contribution in [0.3, 0.4) is 0 Å². The van der Waals surface area contributed by atoms with Crippen LogP contribution in [0.25, 0.3) is 0 Å². The molecule has 1 spiro atoms. The van der Waals surface area contributed by atoms with E-state index >= 15 is 0 Å². The largest absolute Gasteiger partial charge is 0.384 e. The fourth-order valence-corrected chi connectivity index (χ4v) is 4.45. The highest BCUT2D eigenvalue weighted by atomic mass is 16.5.